The van der Waals surface area contributed by atoms with Crippen LogP contribution in [0.2, 0.25) is 0 Å². The molecule has 6 heteroatoms. The van der Waals surface area contributed by atoms with E-state index in [0.29, 0.717) is 0 Å². The molecule has 0 N–H and O–H groups in total. The summed E-state index contributed by atoms with van der Waals surface area (Å²) in [6.07, 6.45) is 7.22. The van der Waals surface area contributed by atoms with Gasteiger partial charge in [0.1, 0.15) is 4.90 Å². The van der Waals surface area contributed by atoms with E-state index in [1.165, 1.54) is 12.1 Å². The van der Waals surface area contributed by atoms with Crippen LogP contribution in [0.25, 0.3) is 0 Å². The van der Waals surface area contributed by atoms with Crippen molar-refractivity contribution in [2.45, 2.75) is 43.4 Å². The maximum absolute atomic E-state index is 11.9. The van der Waals surface area contributed by atoms with Crippen LogP contribution in [0.5, 0.6) is 0 Å². The molecule has 2 unspecified atom stereocenters. The fourth-order valence-electron chi connectivity index (χ4n) is 2.58. The molecule has 5 nitrogen and oxygen atoms in total. The molecule has 2 atom stereocenters. The summed E-state index contributed by atoms with van der Waals surface area (Å²) in [5, 5.41) is 12.7. The third kappa shape index (κ3) is 4.85. The van der Waals surface area contributed by atoms with Gasteiger partial charge in [0.15, 0.2) is 0 Å². The van der Waals surface area contributed by atoms with Crippen LogP contribution in [0, 0.1) is 23.2 Å². The van der Waals surface area contributed by atoms with Crippen molar-refractivity contribution in [3.05, 3.63) is 30.3 Å². The maximum Gasteiger partial charge on any atom is 0.358 e. The average Bonchev–Trinajstić information content (AvgIpc) is 2.51. The van der Waals surface area contributed by atoms with Crippen molar-refractivity contribution < 1.29 is 12.7 Å². The average molecular weight is 320 g/mol. The summed E-state index contributed by atoms with van der Waals surface area (Å²) in [6, 6.07) is 10.3. The lowest BCUT2D eigenvalue weighted by Crippen LogP contribution is -2.11. The highest BCUT2D eigenvalue weighted by Gasteiger charge is 2.17. The molecule has 0 bridgehead atoms. The van der Waals surface area contributed by atoms with Crippen LogP contribution in [-0.4, -0.2) is 14.6 Å². The molecule has 0 saturated heterocycles. The topological polar surface area (TPSA) is 79.5 Å². The Morgan fingerprint density at radius 1 is 1.14 bits per heavy atom. The van der Waals surface area contributed by atoms with Gasteiger partial charge in [-0.25, -0.2) is 0 Å². The van der Waals surface area contributed by atoms with Gasteiger partial charge in [-0.1, -0.05) is 36.2 Å². The second-order valence-electron chi connectivity index (χ2n) is 5.54. The Morgan fingerprint density at radius 2 is 1.86 bits per heavy atom. The Balaban J connectivity index is 1.92. The summed E-state index contributed by atoms with van der Waals surface area (Å²) in [5.41, 5.74) is 0. The summed E-state index contributed by atoms with van der Waals surface area (Å²) < 4.78 is 28.6. The first kappa shape index (κ1) is 16.5. The highest BCUT2D eigenvalue weighted by Crippen LogP contribution is 2.25. The van der Waals surface area contributed by atoms with Crippen molar-refractivity contribution in [2.24, 2.45) is 17.0 Å². The zero-order chi connectivity index (χ0) is 15.8. The SMILES string of the molecule is N#CC1CCCCC(/C=N/OS(=O)(=O)c2ccccc2)CC1. The van der Waals surface area contributed by atoms with E-state index in [2.05, 4.69) is 11.2 Å². The van der Waals surface area contributed by atoms with E-state index in [-0.39, 0.29) is 16.7 Å². The lowest BCUT2D eigenvalue weighted by Gasteiger charge is -2.18. The van der Waals surface area contributed by atoms with Crippen LogP contribution in [-0.2, 0) is 14.4 Å². The first-order chi connectivity index (χ1) is 10.6. The van der Waals surface area contributed by atoms with Gasteiger partial charge in [0.05, 0.1) is 6.07 Å². The Morgan fingerprint density at radius 3 is 2.59 bits per heavy atom. The highest BCUT2D eigenvalue weighted by molar-refractivity contribution is 7.86. The summed E-state index contributed by atoms with van der Waals surface area (Å²) in [6.45, 7) is 0. The van der Waals surface area contributed by atoms with Gasteiger partial charge in [-0.3, -0.25) is 4.28 Å². The first-order valence-corrected chi connectivity index (χ1v) is 8.94. The van der Waals surface area contributed by atoms with E-state index >= 15 is 0 Å². The Hall–Kier alpha value is -1.87. The summed E-state index contributed by atoms with van der Waals surface area (Å²) in [5.74, 6) is 0.271. The largest absolute Gasteiger partial charge is 0.358 e. The van der Waals surface area contributed by atoms with Gasteiger partial charge in [0.2, 0.25) is 0 Å². The Labute approximate surface area is 131 Å². The van der Waals surface area contributed by atoms with Crippen molar-refractivity contribution in [1.29, 1.82) is 5.26 Å². The third-order valence-corrected chi connectivity index (χ3v) is 5.02. The van der Waals surface area contributed by atoms with E-state index < -0.39 is 10.1 Å². The third-order valence-electron chi connectivity index (χ3n) is 3.89. The molecule has 1 aromatic carbocycles. The lowest BCUT2D eigenvalue weighted by atomic mass is 9.87. The highest BCUT2D eigenvalue weighted by atomic mass is 32.2. The molecule has 1 fully saturated rings. The minimum atomic E-state index is -3.84. The summed E-state index contributed by atoms with van der Waals surface area (Å²) in [4.78, 5) is 0.0920. The molecule has 22 heavy (non-hydrogen) atoms. The fraction of sp³-hybridized carbons (Fsp3) is 0.500. The maximum atomic E-state index is 11.9. The van der Waals surface area contributed by atoms with Crippen LogP contribution < -0.4 is 0 Å². The number of hydrogen-bond acceptors (Lipinski definition) is 5. The molecule has 1 aliphatic rings. The number of nitrogens with zero attached hydrogens (tertiary/aromatic N) is 2. The molecule has 0 radical (unpaired) electrons. The second-order valence-corrected chi connectivity index (χ2v) is 7.07. The quantitative estimate of drug-likeness (QED) is 0.628. The Kier molecular flexibility index (Phi) is 5.96. The minimum Gasteiger partial charge on any atom is -0.265 e. The number of hydrogen-bond donors (Lipinski definition) is 0. The van der Waals surface area contributed by atoms with E-state index in [1.807, 2.05) is 0 Å². The summed E-state index contributed by atoms with van der Waals surface area (Å²) in [7, 11) is -3.84. The van der Waals surface area contributed by atoms with Crippen LogP contribution >= 0.6 is 0 Å². The molecule has 1 aromatic rings. The number of nitriles is 1. The number of benzene rings is 1. The van der Waals surface area contributed by atoms with Gasteiger partial charge >= 0.3 is 10.1 Å². The van der Waals surface area contributed by atoms with Gasteiger partial charge in [-0.15, -0.1) is 0 Å². The lowest BCUT2D eigenvalue weighted by molar-refractivity contribution is 0.333. The molecular formula is C16H20N2O3S. The fourth-order valence-corrected chi connectivity index (χ4v) is 3.32. The first-order valence-electron chi connectivity index (χ1n) is 7.53. The van der Waals surface area contributed by atoms with Crippen molar-refractivity contribution in [2.75, 3.05) is 0 Å². The van der Waals surface area contributed by atoms with Gasteiger partial charge in [0.25, 0.3) is 0 Å². The predicted molar refractivity (Wildman–Crippen MR) is 83.5 cm³/mol. The van der Waals surface area contributed by atoms with Gasteiger partial charge in [0, 0.05) is 12.1 Å². The van der Waals surface area contributed by atoms with Crippen molar-refractivity contribution in [3.8, 4) is 6.07 Å². The molecule has 0 heterocycles. The smallest absolute Gasteiger partial charge is 0.265 e. The molecule has 0 amide bonds. The van der Waals surface area contributed by atoms with Crippen LogP contribution in [0.4, 0.5) is 0 Å². The minimum absolute atomic E-state index is 0.0920. The standard InChI is InChI=1S/C16H20N2O3S/c17-12-14-6-4-5-7-15(11-10-14)13-18-21-22(19,20)16-8-2-1-3-9-16/h1-3,8-9,13-15H,4-7,10-11H2/b18-13+. The van der Waals surface area contributed by atoms with Crippen LogP contribution in [0.1, 0.15) is 38.5 Å². The van der Waals surface area contributed by atoms with Gasteiger partial charge < -0.3 is 0 Å². The van der Waals surface area contributed by atoms with Crippen LogP contribution in [0.3, 0.4) is 0 Å². The zero-order valence-corrected chi connectivity index (χ0v) is 13.2. The molecule has 0 spiro atoms. The molecular weight excluding hydrogens is 300 g/mol. The molecule has 1 aliphatic carbocycles. The summed E-state index contributed by atoms with van der Waals surface area (Å²) >= 11 is 0. The van der Waals surface area contributed by atoms with Crippen molar-refractivity contribution in [3.63, 3.8) is 0 Å². The molecule has 0 aliphatic heterocycles. The predicted octanol–water partition coefficient (Wildman–Crippen LogP) is 3.49. The Bertz CT molecular complexity index is 635. The normalized spacial score (nSPS) is 23.4. The number of oxime groups is 1. The van der Waals surface area contributed by atoms with Crippen molar-refractivity contribution in [1.82, 2.24) is 0 Å². The van der Waals surface area contributed by atoms with Gasteiger partial charge in [-0.2, -0.15) is 13.7 Å². The molecule has 2 rings (SSSR count). The number of rotatable bonds is 4. The second kappa shape index (κ2) is 7.95. The molecule has 118 valence electrons. The van der Waals surface area contributed by atoms with E-state index in [9.17, 15) is 8.42 Å². The zero-order valence-electron chi connectivity index (χ0n) is 12.4. The molecule has 1 saturated carbocycles. The van der Waals surface area contributed by atoms with Gasteiger partial charge in [-0.05, 0) is 43.7 Å². The monoisotopic (exact) mass is 320 g/mol. The van der Waals surface area contributed by atoms with Crippen LogP contribution in [0.15, 0.2) is 40.4 Å². The van der Waals surface area contributed by atoms with E-state index in [0.717, 1.165) is 38.5 Å². The van der Waals surface area contributed by atoms with Crippen molar-refractivity contribution >= 4 is 16.3 Å². The molecule has 0 aromatic heterocycles. The van der Waals surface area contributed by atoms with E-state index in [1.54, 1.807) is 24.4 Å². The van der Waals surface area contributed by atoms with E-state index in [4.69, 9.17) is 9.55 Å².